The van der Waals surface area contributed by atoms with Crippen molar-refractivity contribution in [3.05, 3.63) is 0 Å². The first-order valence-corrected chi connectivity index (χ1v) is 6.62. The predicted molar refractivity (Wildman–Crippen MR) is 73.0 cm³/mol. The molecular formula is C12H23N5O2. The molecule has 1 aromatic rings. The number of nitrogens with zero attached hydrogens (tertiary/aromatic N) is 3. The van der Waals surface area contributed by atoms with E-state index in [9.17, 15) is 0 Å². The summed E-state index contributed by atoms with van der Waals surface area (Å²) in [6.45, 7) is 4.93. The van der Waals surface area contributed by atoms with Crippen LogP contribution in [-0.2, 0) is 0 Å². The second kappa shape index (κ2) is 8.47. The van der Waals surface area contributed by atoms with E-state index >= 15 is 0 Å². The maximum Gasteiger partial charge on any atom is 0.324 e. The smallest absolute Gasteiger partial charge is 0.324 e. The monoisotopic (exact) mass is 269 g/mol. The lowest BCUT2D eigenvalue weighted by atomic mass is 10.0. The summed E-state index contributed by atoms with van der Waals surface area (Å²) in [4.78, 5) is 12.0. The van der Waals surface area contributed by atoms with Crippen molar-refractivity contribution in [1.29, 1.82) is 0 Å². The van der Waals surface area contributed by atoms with Crippen molar-refractivity contribution in [3.8, 4) is 12.0 Å². The number of ether oxygens (including phenoxy) is 2. The van der Waals surface area contributed by atoms with Crippen LogP contribution < -0.4 is 20.7 Å². The summed E-state index contributed by atoms with van der Waals surface area (Å²) in [5.41, 5.74) is 2.36. The molecule has 0 aliphatic carbocycles. The fourth-order valence-corrected chi connectivity index (χ4v) is 1.65. The minimum atomic E-state index is 0.180. The molecule has 0 bridgehead atoms. The number of aromatic nitrogens is 3. The Morgan fingerprint density at radius 3 is 2.53 bits per heavy atom. The second-order valence-corrected chi connectivity index (χ2v) is 4.30. The van der Waals surface area contributed by atoms with Gasteiger partial charge in [-0.3, -0.25) is 5.43 Å². The number of rotatable bonds is 9. The lowest BCUT2D eigenvalue weighted by Crippen LogP contribution is -2.16. The van der Waals surface area contributed by atoms with Crippen molar-refractivity contribution in [3.63, 3.8) is 0 Å². The number of nitrogens with two attached hydrogens (primary N) is 1. The third-order valence-corrected chi connectivity index (χ3v) is 2.90. The molecule has 0 spiro atoms. The topological polar surface area (TPSA) is 95.2 Å². The van der Waals surface area contributed by atoms with Gasteiger partial charge in [0.15, 0.2) is 0 Å². The SMILES string of the molecule is CCCCC(CC)COc1nc(NN)nc(OC)n1. The van der Waals surface area contributed by atoms with E-state index in [1.165, 1.54) is 20.0 Å². The van der Waals surface area contributed by atoms with Gasteiger partial charge in [0.05, 0.1) is 13.7 Å². The van der Waals surface area contributed by atoms with Gasteiger partial charge in [0.1, 0.15) is 0 Å². The molecule has 1 rings (SSSR count). The Morgan fingerprint density at radius 1 is 1.21 bits per heavy atom. The third kappa shape index (κ3) is 5.25. The van der Waals surface area contributed by atoms with Crippen LogP contribution in [0.15, 0.2) is 0 Å². The lowest BCUT2D eigenvalue weighted by molar-refractivity contribution is 0.214. The van der Waals surface area contributed by atoms with Crippen molar-refractivity contribution in [1.82, 2.24) is 15.0 Å². The van der Waals surface area contributed by atoms with Crippen molar-refractivity contribution >= 4 is 5.95 Å². The summed E-state index contributed by atoms with van der Waals surface area (Å²) in [7, 11) is 1.48. The Hall–Kier alpha value is -1.63. The molecule has 0 aliphatic rings. The maximum absolute atomic E-state index is 5.60. The number of anilines is 1. The summed E-state index contributed by atoms with van der Waals surface area (Å²) in [6, 6.07) is 0.411. The summed E-state index contributed by atoms with van der Waals surface area (Å²) >= 11 is 0. The van der Waals surface area contributed by atoms with E-state index in [4.69, 9.17) is 15.3 Å². The number of unbranched alkanes of at least 4 members (excludes halogenated alkanes) is 1. The average Bonchev–Trinajstić information content (AvgIpc) is 2.47. The highest BCUT2D eigenvalue weighted by atomic mass is 16.5. The van der Waals surface area contributed by atoms with E-state index in [0.717, 1.165) is 12.8 Å². The molecular weight excluding hydrogens is 246 g/mol. The molecule has 7 nitrogen and oxygen atoms in total. The van der Waals surface area contributed by atoms with Gasteiger partial charge in [-0.1, -0.05) is 33.1 Å². The van der Waals surface area contributed by atoms with Crippen LogP contribution in [0.3, 0.4) is 0 Å². The molecule has 0 amide bonds. The van der Waals surface area contributed by atoms with Crippen LogP contribution in [0.1, 0.15) is 39.5 Å². The van der Waals surface area contributed by atoms with Crippen LogP contribution in [0.25, 0.3) is 0 Å². The molecule has 0 radical (unpaired) electrons. The molecule has 0 saturated carbocycles. The Morgan fingerprint density at radius 2 is 1.95 bits per heavy atom. The zero-order chi connectivity index (χ0) is 14.1. The summed E-state index contributed by atoms with van der Waals surface area (Å²) in [5, 5.41) is 0. The van der Waals surface area contributed by atoms with Crippen LogP contribution in [0.5, 0.6) is 12.0 Å². The van der Waals surface area contributed by atoms with Crippen molar-refractivity contribution < 1.29 is 9.47 Å². The molecule has 1 aromatic heterocycles. The van der Waals surface area contributed by atoms with Crippen LogP contribution in [0.4, 0.5) is 5.95 Å². The number of hydrazine groups is 1. The fraction of sp³-hybridized carbons (Fsp3) is 0.750. The zero-order valence-electron chi connectivity index (χ0n) is 11.8. The minimum absolute atomic E-state index is 0.180. The average molecular weight is 269 g/mol. The highest BCUT2D eigenvalue weighted by Crippen LogP contribution is 2.16. The van der Waals surface area contributed by atoms with Crippen molar-refractivity contribution in [2.45, 2.75) is 39.5 Å². The molecule has 7 heteroatoms. The summed E-state index contributed by atoms with van der Waals surface area (Å²) in [5.74, 6) is 6.01. The van der Waals surface area contributed by atoms with Gasteiger partial charge >= 0.3 is 12.0 Å². The highest BCUT2D eigenvalue weighted by Gasteiger charge is 2.11. The molecule has 1 heterocycles. The number of methoxy groups -OCH3 is 1. The molecule has 108 valence electrons. The van der Waals surface area contributed by atoms with Crippen molar-refractivity contribution in [2.75, 3.05) is 19.1 Å². The largest absolute Gasteiger partial charge is 0.467 e. The standard InChI is InChI=1S/C12H23N5O2/c1-4-6-7-9(5-2)8-19-12-15-10(17-13)14-11(16-12)18-3/h9H,4-8,13H2,1-3H3,(H,14,15,16,17). The van der Waals surface area contributed by atoms with E-state index in [1.54, 1.807) is 0 Å². The Kier molecular flexibility index (Phi) is 6.88. The summed E-state index contributed by atoms with van der Waals surface area (Å²) in [6.07, 6.45) is 4.62. The van der Waals surface area contributed by atoms with E-state index in [2.05, 4.69) is 34.2 Å². The Bertz CT molecular complexity index is 353. The van der Waals surface area contributed by atoms with Gasteiger partial charge in [0.25, 0.3) is 0 Å². The highest BCUT2D eigenvalue weighted by molar-refractivity contribution is 5.25. The molecule has 1 atom stereocenters. The van der Waals surface area contributed by atoms with Crippen LogP contribution in [-0.4, -0.2) is 28.7 Å². The van der Waals surface area contributed by atoms with Crippen molar-refractivity contribution in [2.24, 2.45) is 11.8 Å². The first-order valence-electron chi connectivity index (χ1n) is 6.62. The van der Waals surface area contributed by atoms with E-state index in [0.29, 0.717) is 12.5 Å². The van der Waals surface area contributed by atoms with Gasteiger partial charge in [-0.05, 0) is 12.3 Å². The van der Waals surface area contributed by atoms with Crippen LogP contribution in [0.2, 0.25) is 0 Å². The van der Waals surface area contributed by atoms with Gasteiger partial charge in [-0.25, -0.2) is 5.84 Å². The number of hydrogen-bond acceptors (Lipinski definition) is 7. The quantitative estimate of drug-likeness (QED) is 0.521. The van der Waals surface area contributed by atoms with Gasteiger partial charge in [0, 0.05) is 0 Å². The maximum atomic E-state index is 5.60. The fourth-order valence-electron chi connectivity index (χ4n) is 1.65. The normalized spacial score (nSPS) is 12.0. The Labute approximate surface area is 113 Å². The minimum Gasteiger partial charge on any atom is -0.467 e. The van der Waals surface area contributed by atoms with E-state index in [1.807, 2.05) is 0 Å². The first-order chi connectivity index (χ1) is 9.23. The molecule has 19 heavy (non-hydrogen) atoms. The first kappa shape index (κ1) is 15.4. The van der Waals surface area contributed by atoms with E-state index in [-0.39, 0.29) is 18.0 Å². The third-order valence-electron chi connectivity index (χ3n) is 2.90. The second-order valence-electron chi connectivity index (χ2n) is 4.30. The molecule has 1 unspecified atom stereocenters. The lowest BCUT2D eigenvalue weighted by Gasteiger charge is -2.14. The summed E-state index contributed by atoms with van der Waals surface area (Å²) < 4.78 is 10.6. The van der Waals surface area contributed by atoms with Crippen LogP contribution in [0, 0.1) is 5.92 Å². The molecule has 0 fully saturated rings. The molecule has 3 N–H and O–H groups in total. The zero-order valence-corrected chi connectivity index (χ0v) is 11.8. The Balaban J connectivity index is 2.60. The van der Waals surface area contributed by atoms with Gasteiger partial charge in [-0.2, -0.15) is 9.97 Å². The molecule has 0 aromatic carbocycles. The van der Waals surface area contributed by atoms with E-state index < -0.39 is 0 Å². The molecule has 0 aliphatic heterocycles. The molecule has 0 saturated heterocycles. The van der Waals surface area contributed by atoms with Gasteiger partial charge < -0.3 is 9.47 Å². The van der Waals surface area contributed by atoms with Gasteiger partial charge in [0.2, 0.25) is 5.95 Å². The number of nitrogen functional groups attached to an aromatic ring is 1. The number of nitrogens with one attached hydrogen (secondary N) is 1. The predicted octanol–water partition coefficient (Wildman–Crippen LogP) is 1.76. The van der Waals surface area contributed by atoms with Crippen LogP contribution >= 0.6 is 0 Å². The number of hydrogen-bond donors (Lipinski definition) is 2. The van der Waals surface area contributed by atoms with Gasteiger partial charge in [-0.15, -0.1) is 4.98 Å².